The molecule has 2 aliphatic rings. The molecular weight excluding hydrogens is 262 g/mol. The minimum Gasteiger partial charge on any atom is -0.382 e. The van der Waals surface area contributed by atoms with Gasteiger partial charge in [-0.15, -0.1) is 0 Å². The van der Waals surface area contributed by atoms with Crippen LogP contribution in [0.4, 0.5) is 11.6 Å². The van der Waals surface area contributed by atoms with Gasteiger partial charge in [0, 0.05) is 19.1 Å². The maximum atomic E-state index is 6.23. The van der Waals surface area contributed by atoms with Crippen LogP contribution in [0.1, 0.15) is 25.7 Å². The first-order valence-corrected chi connectivity index (χ1v) is 7.38. The third-order valence-electron chi connectivity index (χ3n) is 4.15. The van der Waals surface area contributed by atoms with E-state index in [1.807, 2.05) is 0 Å². The molecule has 1 aromatic heterocycles. The average molecular weight is 282 g/mol. The monoisotopic (exact) mass is 281 g/mol. The number of hydrogen-bond donors (Lipinski definition) is 1. The highest BCUT2D eigenvalue weighted by atomic mass is 35.5. The van der Waals surface area contributed by atoms with Crippen molar-refractivity contribution in [1.82, 2.24) is 14.9 Å². The lowest BCUT2D eigenvalue weighted by Crippen LogP contribution is -2.47. The number of anilines is 2. The number of aromatic nitrogens is 2. The Morgan fingerprint density at radius 2 is 1.95 bits per heavy atom. The fraction of sp³-hybridized carbons (Fsp3) is 0.692. The van der Waals surface area contributed by atoms with Crippen LogP contribution in [0.15, 0.2) is 6.33 Å². The lowest BCUT2D eigenvalue weighted by molar-refractivity contribution is 0.215. The Morgan fingerprint density at radius 1 is 1.16 bits per heavy atom. The first-order chi connectivity index (χ1) is 9.25. The van der Waals surface area contributed by atoms with Gasteiger partial charge < -0.3 is 10.6 Å². The largest absolute Gasteiger partial charge is 0.382 e. The van der Waals surface area contributed by atoms with E-state index in [1.54, 1.807) is 0 Å². The predicted octanol–water partition coefficient (Wildman–Crippen LogP) is 1.78. The summed E-state index contributed by atoms with van der Waals surface area (Å²) in [6.07, 6.45) is 6.61. The van der Waals surface area contributed by atoms with Crippen LogP contribution in [0, 0.1) is 0 Å². The van der Waals surface area contributed by atoms with Crippen molar-refractivity contribution in [2.75, 3.05) is 36.8 Å². The Balaban J connectivity index is 1.75. The van der Waals surface area contributed by atoms with E-state index in [4.69, 9.17) is 17.3 Å². The lowest BCUT2D eigenvalue weighted by atomic mass is 10.0. The molecule has 0 aromatic carbocycles. The van der Waals surface area contributed by atoms with Crippen LogP contribution in [0.2, 0.25) is 5.02 Å². The van der Waals surface area contributed by atoms with E-state index in [1.165, 1.54) is 45.1 Å². The van der Waals surface area contributed by atoms with E-state index in [-0.39, 0.29) is 0 Å². The minimum absolute atomic E-state index is 0.370. The molecule has 6 heteroatoms. The second kappa shape index (κ2) is 5.51. The van der Waals surface area contributed by atoms with Gasteiger partial charge in [-0.05, 0) is 38.8 Å². The van der Waals surface area contributed by atoms with Gasteiger partial charge in [-0.25, -0.2) is 9.97 Å². The lowest BCUT2D eigenvalue weighted by Gasteiger charge is -2.38. The second-order valence-corrected chi connectivity index (χ2v) is 5.76. The van der Waals surface area contributed by atoms with Gasteiger partial charge in [0.25, 0.3) is 0 Å². The zero-order valence-corrected chi connectivity index (χ0v) is 11.8. The molecule has 2 fully saturated rings. The maximum absolute atomic E-state index is 6.23. The summed E-state index contributed by atoms with van der Waals surface area (Å²) in [5.74, 6) is 1.16. The van der Waals surface area contributed by atoms with Crippen LogP contribution in [0.5, 0.6) is 0 Å². The summed E-state index contributed by atoms with van der Waals surface area (Å²) in [5.41, 5.74) is 5.76. The first-order valence-electron chi connectivity index (χ1n) is 7.00. The number of nitrogens with two attached hydrogens (primary N) is 1. The molecule has 3 heterocycles. The van der Waals surface area contributed by atoms with E-state index >= 15 is 0 Å². The van der Waals surface area contributed by atoms with Crippen molar-refractivity contribution in [2.45, 2.75) is 31.7 Å². The molecule has 2 saturated heterocycles. The highest BCUT2D eigenvalue weighted by Crippen LogP contribution is 2.30. The molecule has 1 unspecified atom stereocenters. The van der Waals surface area contributed by atoms with Gasteiger partial charge in [-0.3, -0.25) is 4.90 Å². The third kappa shape index (κ3) is 2.62. The standard InChI is InChI=1S/C13H20ClN5/c14-11-12(15)16-9-17-13(11)19-7-3-4-10(8-19)18-5-1-2-6-18/h9-10H,1-8H2,(H2,15,16,17). The van der Waals surface area contributed by atoms with Gasteiger partial charge in [0.2, 0.25) is 0 Å². The topological polar surface area (TPSA) is 58.3 Å². The molecule has 0 saturated carbocycles. The summed E-state index contributed by atoms with van der Waals surface area (Å²) in [4.78, 5) is 13.1. The van der Waals surface area contributed by atoms with Gasteiger partial charge in [-0.2, -0.15) is 0 Å². The summed E-state index contributed by atoms with van der Waals surface area (Å²) < 4.78 is 0. The molecule has 0 radical (unpaired) electrons. The molecule has 19 heavy (non-hydrogen) atoms. The summed E-state index contributed by atoms with van der Waals surface area (Å²) >= 11 is 6.23. The number of nitrogen functional groups attached to an aromatic ring is 1. The number of halogens is 1. The molecule has 0 bridgehead atoms. The van der Waals surface area contributed by atoms with E-state index in [9.17, 15) is 0 Å². The summed E-state index contributed by atoms with van der Waals surface area (Å²) in [6, 6.07) is 0.628. The Labute approximate surface area is 118 Å². The molecule has 0 amide bonds. The van der Waals surface area contributed by atoms with Gasteiger partial charge in [0.05, 0.1) is 0 Å². The smallest absolute Gasteiger partial charge is 0.153 e. The summed E-state index contributed by atoms with van der Waals surface area (Å²) in [7, 11) is 0. The molecular formula is C13H20ClN5. The van der Waals surface area contributed by atoms with Crippen molar-refractivity contribution in [3.63, 3.8) is 0 Å². The van der Waals surface area contributed by atoms with Crippen molar-refractivity contribution >= 4 is 23.2 Å². The number of piperidine rings is 1. The molecule has 3 rings (SSSR count). The van der Waals surface area contributed by atoms with Crippen molar-refractivity contribution in [2.24, 2.45) is 0 Å². The number of nitrogens with zero attached hydrogens (tertiary/aromatic N) is 4. The summed E-state index contributed by atoms with van der Waals surface area (Å²) in [6.45, 7) is 4.47. The fourth-order valence-electron chi connectivity index (χ4n) is 3.15. The van der Waals surface area contributed by atoms with Gasteiger partial charge in [-0.1, -0.05) is 11.6 Å². The quantitative estimate of drug-likeness (QED) is 0.895. The van der Waals surface area contributed by atoms with Gasteiger partial charge in [0.15, 0.2) is 5.82 Å². The Kier molecular flexibility index (Phi) is 3.75. The normalized spacial score (nSPS) is 24.9. The molecule has 0 spiro atoms. The van der Waals surface area contributed by atoms with Crippen LogP contribution in [0.3, 0.4) is 0 Å². The zero-order chi connectivity index (χ0) is 13.2. The van der Waals surface area contributed by atoms with Crippen LogP contribution >= 0.6 is 11.6 Å². The Morgan fingerprint density at radius 3 is 2.74 bits per heavy atom. The number of likely N-dealkylation sites (tertiary alicyclic amines) is 1. The van der Waals surface area contributed by atoms with E-state index in [0.717, 1.165) is 18.9 Å². The molecule has 104 valence electrons. The van der Waals surface area contributed by atoms with Crippen molar-refractivity contribution < 1.29 is 0 Å². The summed E-state index contributed by atoms with van der Waals surface area (Å²) in [5, 5.41) is 0.490. The molecule has 1 aromatic rings. The van der Waals surface area contributed by atoms with Crippen molar-refractivity contribution in [3.05, 3.63) is 11.3 Å². The third-order valence-corrected chi connectivity index (χ3v) is 4.51. The van der Waals surface area contributed by atoms with Crippen LogP contribution in [0.25, 0.3) is 0 Å². The van der Waals surface area contributed by atoms with E-state index < -0.39 is 0 Å². The highest BCUT2D eigenvalue weighted by molar-refractivity contribution is 6.35. The SMILES string of the molecule is Nc1ncnc(N2CCCC(N3CCCC3)C2)c1Cl. The average Bonchev–Trinajstić information content (AvgIpc) is 2.96. The van der Waals surface area contributed by atoms with Gasteiger partial charge in [0.1, 0.15) is 17.2 Å². The molecule has 2 N–H and O–H groups in total. The predicted molar refractivity (Wildman–Crippen MR) is 77.5 cm³/mol. The Bertz CT molecular complexity index is 447. The number of rotatable bonds is 2. The van der Waals surface area contributed by atoms with Gasteiger partial charge >= 0.3 is 0 Å². The Hall–Kier alpha value is -1.07. The highest BCUT2D eigenvalue weighted by Gasteiger charge is 2.28. The molecule has 0 aliphatic carbocycles. The minimum atomic E-state index is 0.370. The van der Waals surface area contributed by atoms with E-state index in [0.29, 0.717) is 16.9 Å². The maximum Gasteiger partial charge on any atom is 0.153 e. The molecule has 1 atom stereocenters. The molecule has 5 nitrogen and oxygen atoms in total. The first kappa shape index (κ1) is 12.9. The zero-order valence-electron chi connectivity index (χ0n) is 11.1. The van der Waals surface area contributed by atoms with E-state index in [2.05, 4.69) is 19.8 Å². The van der Waals surface area contributed by atoms with Crippen molar-refractivity contribution in [3.8, 4) is 0 Å². The van der Waals surface area contributed by atoms with Crippen LogP contribution in [-0.2, 0) is 0 Å². The molecule has 2 aliphatic heterocycles. The fourth-order valence-corrected chi connectivity index (χ4v) is 3.36. The van der Waals surface area contributed by atoms with Crippen LogP contribution < -0.4 is 10.6 Å². The second-order valence-electron chi connectivity index (χ2n) is 5.38. The van der Waals surface area contributed by atoms with Crippen LogP contribution in [-0.4, -0.2) is 47.1 Å². The number of hydrogen-bond acceptors (Lipinski definition) is 5. The van der Waals surface area contributed by atoms with Crippen molar-refractivity contribution in [1.29, 1.82) is 0 Å².